The van der Waals surface area contributed by atoms with Gasteiger partial charge in [-0.3, -0.25) is 14.6 Å². The molecular weight excluding hydrogens is 374 g/mol. The number of pyridine rings is 1. The maximum Gasteiger partial charge on any atom is 0.257 e. The van der Waals surface area contributed by atoms with Gasteiger partial charge in [0.2, 0.25) is 0 Å². The Hall–Kier alpha value is -2.71. The van der Waals surface area contributed by atoms with E-state index in [1.807, 2.05) is 6.92 Å². The van der Waals surface area contributed by atoms with E-state index in [2.05, 4.69) is 10.3 Å². The highest BCUT2D eigenvalue weighted by molar-refractivity contribution is 5.94. The average molecular weight is 399 g/mol. The summed E-state index contributed by atoms with van der Waals surface area (Å²) >= 11 is 0. The Labute approximate surface area is 168 Å². The van der Waals surface area contributed by atoms with Crippen LogP contribution in [-0.4, -0.2) is 63.7 Å². The molecule has 154 valence electrons. The molecule has 0 unspecified atom stereocenters. The zero-order valence-electron chi connectivity index (χ0n) is 16.3. The van der Waals surface area contributed by atoms with Crippen molar-refractivity contribution in [2.45, 2.75) is 43.4 Å². The molecule has 0 radical (unpaired) electrons. The van der Waals surface area contributed by atoms with Crippen molar-refractivity contribution in [1.82, 2.24) is 15.2 Å². The molecule has 2 aliphatic rings. The molecule has 2 N–H and O–H groups in total. The molecule has 4 rings (SSSR count). The molecule has 2 aromatic rings. The summed E-state index contributed by atoms with van der Waals surface area (Å²) in [5.41, 5.74) is -0.331. The fourth-order valence-electron chi connectivity index (χ4n) is 4.24. The third-order valence-corrected chi connectivity index (χ3v) is 6.03. The summed E-state index contributed by atoms with van der Waals surface area (Å²) in [6.07, 6.45) is 6.98. The lowest BCUT2D eigenvalue weighted by Gasteiger charge is -2.52. The largest absolute Gasteiger partial charge is 0.472 e. The van der Waals surface area contributed by atoms with Crippen LogP contribution in [0.4, 0.5) is 0 Å². The molecule has 8 heteroatoms. The van der Waals surface area contributed by atoms with Gasteiger partial charge in [0.25, 0.3) is 11.8 Å². The minimum Gasteiger partial charge on any atom is -0.472 e. The van der Waals surface area contributed by atoms with E-state index in [9.17, 15) is 14.7 Å². The predicted octanol–water partition coefficient (Wildman–Crippen LogP) is 1.62. The summed E-state index contributed by atoms with van der Waals surface area (Å²) in [5.74, 6) is -0.332. The number of piperidine rings is 1. The number of nitrogens with one attached hydrogen (secondary N) is 1. The van der Waals surface area contributed by atoms with Crippen molar-refractivity contribution >= 4 is 11.8 Å². The summed E-state index contributed by atoms with van der Waals surface area (Å²) < 4.78 is 11.1. The fraction of sp³-hybridized carbons (Fsp3) is 0.476. The quantitative estimate of drug-likeness (QED) is 0.813. The van der Waals surface area contributed by atoms with Crippen molar-refractivity contribution in [2.24, 2.45) is 0 Å². The van der Waals surface area contributed by atoms with E-state index < -0.39 is 17.2 Å². The van der Waals surface area contributed by atoms with Gasteiger partial charge >= 0.3 is 0 Å². The van der Waals surface area contributed by atoms with Gasteiger partial charge in [-0.15, -0.1) is 0 Å². The highest BCUT2D eigenvalue weighted by Gasteiger charge is 2.50. The first-order valence-corrected chi connectivity index (χ1v) is 9.77. The van der Waals surface area contributed by atoms with Gasteiger partial charge in [-0.1, -0.05) is 0 Å². The molecule has 4 heterocycles. The number of furan rings is 1. The minimum absolute atomic E-state index is 0.0583. The van der Waals surface area contributed by atoms with Crippen LogP contribution in [0.15, 0.2) is 47.5 Å². The van der Waals surface area contributed by atoms with E-state index in [0.29, 0.717) is 43.5 Å². The van der Waals surface area contributed by atoms with Crippen LogP contribution in [0.3, 0.4) is 0 Å². The number of aromatic nitrogens is 1. The van der Waals surface area contributed by atoms with E-state index in [1.165, 1.54) is 18.7 Å². The number of carbonyl (C=O) groups excluding carboxylic acids is 2. The Morgan fingerprint density at radius 1 is 1.28 bits per heavy atom. The number of carbonyl (C=O) groups is 2. The second-order valence-electron chi connectivity index (χ2n) is 8.10. The minimum atomic E-state index is -0.831. The van der Waals surface area contributed by atoms with E-state index in [-0.39, 0.29) is 18.4 Å². The Morgan fingerprint density at radius 3 is 2.72 bits per heavy atom. The fourth-order valence-corrected chi connectivity index (χ4v) is 4.24. The molecular formula is C21H25N3O5. The first kappa shape index (κ1) is 19.6. The van der Waals surface area contributed by atoms with Crippen molar-refractivity contribution in [3.05, 3.63) is 54.2 Å². The van der Waals surface area contributed by atoms with Crippen molar-refractivity contribution < 1.29 is 23.8 Å². The Balaban J connectivity index is 1.43. The number of hydrogen-bond acceptors (Lipinski definition) is 6. The lowest BCUT2D eigenvalue weighted by molar-refractivity contribution is -0.175. The van der Waals surface area contributed by atoms with Gasteiger partial charge in [0.1, 0.15) is 12.4 Å². The van der Waals surface area contributed by atoms with Crippen molar-refractivity contribution in [3.63, 3.8) is 0 Å². The van der Waals surface area contributed by atoms with Gasteiger partial charge < -0.3 is 24.5 Å². The zero-order valence-corrected chi connectivity index (χ0v) is 16.3. The Kier molecular flexibility index (Phi) is 5.14. The number of likely N-dealkylation sites (tertiary alicyclic amines) is 1. The maximum atomic E-state index is 12.6. The van der Waals surface area contributed by atoms with Gasteiger partial charge in [0.05, 0.1) is 35.1 Å². The van der Waals surface area contributed by atoms with Crippen LogP contribution < -0.4 is 5.32 Å². The lowest BCUT2D eigenvalue weighted by Crippen LogP contribution is -2.65. The summed E-state index contributed by atoms with van der Waals surface area (Å²) in [4.78, 5) is 30.9. The number of nitrogens with zero attached hydrogens (tertiary/aromatic N) is 2. The SMILES string of the molecule is C[C@@]1(NC(=O)c2cccnc2)CC2(CCN(C(=O)c3ccoc3)CC2)OC[C@H]1O. The normalized spacial score (nSPS) is 26.3. The van der Waals surface area contributed by atoms with Crippen LogP contribution in [0, 0.1) is 0 Å². The standard InChI is InChI=1S/C21H25N3O5/c1-20(23-18(26)15-3-2-7-22-11-15)14-21(29-13-17(20)25)5-8-24(9-6-21)19(27)16-4-10-28-12-16/h2-4,7,10-12,17,25H,5-6,8-9,13-14H2,1H3,(H,23,26)/t17-,20-/m1/s1. The van der Waals surface area contributed by atoms with Gasteiger partial charge in [-0.25, -0.2) is 0 Å². The molecule has 0 bridgehead atoms. The number of aliphatic hydroxyl groups excluding tert-OH is 1. The molecule has 0 saturated carbocycles. The predicted molar refractivity (Wildman–Crippen MR) is 103 cm³/mol. The topological polar surface area (TPSA) is 105 Å². The second kappa shape index (κ2) is 7.61. The molecule has 0 aromatic carbocycles. The molecule has 0 aliphatic carbocycles. The van der Waals surface area contributed by atoms with E-state index >= 15 is 0 Å². The van der Waals surface area contributed by atoms with Crippen LogP contribution in [0.25, 0.3) is 0 Å². The van der Waals surface area contributed by atoms with Crippen LogP contribution in [0.1, 0.15) is 46.9 Å². The smallest absolute Gasteiger partial charge is 0.257 e. The molecule has 2 fully saturated rings. The van der Waals surface area contributed by atoms with E-state index in [1.54, 1.807) is 29.3 Å². The Bertz CT molecular complexity index is 862. The van der Waals surface area contributed by atoms with Crippen LogP contribution in [0.5, 0.6) is 0 Å². The summed E-state index contributed by atoms with van der Waals surface area (Å²) in [6, 6.07) is 5.05. The summed E-state index contributed by atoms with van der Waals surface area (Å²) in [6.45, 7) is 3.08. The van der Waals surface area contributed by atoms with Gasteiger partial charge in [-0.05, 0) is 38.0 Å². The molecule has 2 saturated heterocycles. The molecule has 2 amide bonds. The number of hydrogen-bond donors (Lipinski definition) is 2. The number of rotatable bonds is 3. The molecule has 8 nitrogen and oxygen atoms in total. The van der Waals surface area contributed by atoms with Crippen molar-refractivity contribution in [1.29, 1.82) is 0 Å². The van der Waals surface area contributed by atoms with Crippen LogP contribution in [-0.2, 0) is 4.74 Å². The van der Waals surface area contributed by atoms with Crippen molar-refractivity contribution in [2.75, 3.05) is 19.7 Å². The van der Waals surface area contributed by atoms with Gasteiger partial charge in [0.15, 0.2) is 0 Å². The summed E-state index contributed by atoms with van der Waals surface area (Å²) in [7, 11) is 0. The monoisotopic (exact) mass is 399 g/mol. The molecule has 2 aliphatic heterocycles. The Morgan fingerprint density at radius 2 is 2.07 bits per heavy atom. The third kappa shape index (κ3) is 3.90. The first-order chi connectivity index (χ1) is 13.9. The molecule has 1 spiro atoms. The maximum absolute atomic E-state index is 12.6. The van der Waals surface area contributed by atoms with Crippen molar-refractivity contribution in [3.8, 4) is 0 Å². The zero-order chi connectivity index (χ0) is 20.5. The summed E-state index contributed by atoms with van der Waals surface area (Å²) in [5, 5.41) is 13.6. The van der Waals surface area contributed by atoms with E-state index in [4.69, 9.17) is 9.15 Å². The van der Waals surface area contributed by atoms with Crippen LogP contribution >= 0.6 is 0 Å². The average Bonchev–Trinajstić information content (AvgIpc) is 3.27. The van der Waals surface area contributed by atoms with Gasteiger partial charge in [-0.2, -0.15) is 0 Å². The molecule has 2 aromatic heterocycles. The second-order valence-corrected chi connectivity index (χ2v) is 8.10. The third-order valence-electron chi connectivity index (χ3n) is 6.03. The van der Waals surface area contributed by atoms with E-state index in [0.717, 1.165) is 0 Å². The van der Waals surface area contributed by atoms with Gasteiger partial charge in [0, 0.05) is 31.9 Å². The first-order valence-electron chi connectivity index (χ1n) is 9.77. The lowest BCUT2D eigenvalue weighted by atomic mass is 9.74. The highest BCUT2D eigenvalue weighted by Crippen LogP contribution is 2.40. The number of aliphatic hydroxyl groups is 1. The molecule has 29 heavy (non-hydrogen) atoms. The van der Waals surface area contributed by atoms with Crippen LogP contribution in [0.2, 0.25) is 0 Å². The highest BCUT2D eigenvalue weighted by atomic mass is 16.5. The molecule has 2 atom stereocenters. The number of ether oxygens (including phenoxy) is 1. The number of amides is 2.